The van der Waals surface area contributed by atoms with Crippen molar-refractivity contribution in [1.82, 2.24) is 15.2 Å². The van der Waals surface area contributed by atoms with E-state index >= 15 is 0 Å². The molecule has 1 aliphatic rings. The fourth-order valence-corrected chi connectivity index (χ4v) is 3.34. The molecule has 0 unspecified atom stereocenters. The van der Waals surface area contributed by atoms with Gasteiger partial charge >= 0.3 is 0 Å². The number of hydrogen-bond acceptors (Lipinski definition) is 4. The second kappa shape index (κ2) is 8.59. The van der Waals surface area contributed by atoms with Gasteiger partial charge in [-0.3, -0.25) is 14.7 Å². The zero-order chi connectivity index (χ0) is 19.3. The summed E-state index contributed by atoms with van der Waals surface area (Å²) in [5.74, 6) is -0.467. The molecule has 2 aromatic rings. The number of halogens is 1. The predicted octanol–water partition coefficient (Wildman–Crippen LogP) is 2.69. The van der Waals surface area contributed by atoms with E-state index in [9.17, 15) is 9.18 Å². The third-order valence-electron chi connectivity index (χ3n) is 5.13. The molecule has 1 atom stereocenters. The van der Waals surface area contributed by atoms with Crippen LogP contribution in [-0.2, 0) is 14.9 Å². The van der Waals surface area contributed by atoms with Crippen LogP contribution in [0.3, 0.4) is 0 Å². The average molecular weight is 371 g/mol. The summed E-state index contributed by atoms with van der Waals surface area (Å²) in [7, 11) is 0. The fraction of sp³-hybridized carbons (Fsp3) is 0.429. The number of ether oxygens (including phenoxy) is 1. The number of rotatable bonds is 6. The largest absolute Gasteiger partial charge is 0.379 e. The molecule has 1 aromatic heterocycles. The van der Waals surface area contributed by atoms with Crippen molar-refractivity contribution in [2.75, 3.05) is 32.8 Å². The van der Waals surface area contributed by atoms with E-state index in [1.54, 1.807) is 18.3 Å². The molecule has 1 saturated heterocycles. The number of hydrogen-bond donors (Lipinski definition) is 1. The smallest absolute Gasteiger partial charge is 0.230 e. The Morgan fingerprint density at radius 2 is 2.07 bits per heavy atom. The van der Waals surface area contributed by atoms with Crippen LogP contribution < -0.4 is 5.32 Å². The van der Waals surface area contributed by atoms with Crippen LogP contribution in [0.15, 0.2) is 48.8 Å². The lowest BCUT2D eigenvalue weighted by molar-refractivity contribution is -0.126. The van der Waals surface area contributed by atoms with Gasteiger partial charge in [-0.25, -0.2) is 4.39 Å². The molecule has 0 aliphatic carbocycles. The van der Waals surface area contributed by atoms with Crippen LogP contribution in [0.25, 0.3) is 0 Å². The number of carbonyl (C=O) groups excluding carboxylic acids is 1. The van der Waals surface area contributed by atoms with Crippen molar-refractivity contribution >= 4 is 5.91 Å². The van der Waals surface area contributed by atoms with Crippen molar-refractivity contribution in [2.24, 2.45) is 0 Å². The Hall–Kier alpha value is -2.31. The molecule has 1 amide bonds. The summed E-state index contributed by atoms with van der Waals surface area (Å²) in [5, 5.41) is 3.07. The van der Waals surface area contributed by atoms with Gasteiger partial charge in [-0.1, -0.05) is 18.2 Å². The Balaban J connectivity index is 1.73. The minimum Gasteiger partial charge on any atom is -0.379 e. The minimum atomic E-state index is -0.827. The molecule has 0 bridgehead atoms. The van der Waals surface area contributed by atoms with Crippen LogP contribution >= 0.6 is 0 Å². The topological polar surface area (TPSA) is 54.5 Å². The minimum absolute atomic E-state index is 0.0230. The quantitative estimate of drug-likeness (QED) is 0.848. The zero-order valence-corrected chi connectivity index (χ0v) is 15.8. The number of benzene rings is 1. The third kappa shape index (κ3) is 4.70. The van der Waals surface area contributed by atoms with Crippen LogP contribution in [0, 0.1) is 5.82 Å². The Morgan fingerprint density at radius 3 is 2.74 bits per heavy atom. The summed E-state index contributed by atoms with van der Waals surface area (Å²) in [5.41, 5.74) is 0.889. The first kappa shape index (κ1) is 19.5. The van der Waals surface area contributed by atoms with Gasteiger partial charge in [-0.2, -0.15) is 0 Å². The van der Waals surface area contributed by atoms with Gasteiger partial charge in [-0.05, 0) is 43.2 Å². The van der Waals surface area contributed by atoms with Crippen LogP contribution in [0.1, 0.15) is 31.0 Å². The number of nitrogens with zero attached hydrogens (tertiary/aromatic N) is 2. The normalized spacial score (nSPS) is 16.7. The maximum Gasteiger partial charge on any atom is 0.230 e. The van der Waals surface area contributed by atoms with Gasteiger partial charge in [0.05, 0.1) is 24.7 Å². The lowest BCUT2D eigenvalue weighted by atomic mass is 9.83. The lowest BCUT2D eigenvalue weighted by Gasteiger charge is -2.35. The molecule has 1 aromatic carbocycles. The molecule has 5 nitrogen and oxygen atoms in total. The molecular weight excluding hydrogens is 345 g/mol. The van der Waals surface area contributed by atoms with Crippen molar-refractivity contribution in [3.8, 4) is 0 Å². The molecule has 1 fully saturated rings. The van der Waals surface area contributed by atoms with Gasteiger partial charge in [0, 0.05) is 32.0 Å². The average Bonchev–Trinajstić information content (AvgIpc) is 2.69. The first-order valence-electron chi connectivity index (χ1n) is 9.24. The van der Waals surface area contributed by atoms with Gasteiger partial charge in [0.25, 0.3) is 0 Å². The fourth-order valence-electron chi connectivity index (χ4n) is 3.34. The molecule has 2 heterocycles. The predicted molar refractivity (Wildman–Crippen MR) is 102 cm³/mol. The number of pyridine rings is 1. The van der Waals surface area contributed by atoms with E-state index in [1.807, 2.05) is 32.2 Å². The van der Waals surface area contributed by atoms with E-state index in [0.29, 0.717) is 25.3 Å². The molecular formula is C21H26FN3O2. The molecule has 0 saturated carbocycles. The molecule has 0 spiro atoms. The Kier molecular flexibility index (Phi) is 6.19. The number of morpholine rings is 1. The highest BCUT2D eigenvalue weighted by Crippen LogP contribution is 2.25. The highest BCUT2D eigenvalue weighted by molar-refractivity contribution is 5.87. The van der Waals surface area contributed by atoms with Crippen molar-refractivity contribution < 1.29 is 13.9 Å². The van der Waals surface area contributed by atoms with Gasteiger partial charge in [-0.15, -0.1) is 0 Å². The maximum absolute atomic E-state index is 13.6. The highest BCUT2D eigenvalue weighted by atomic mass is 19.1. The molecule has 3 rings (SSSR count). The van der Waals surface area contributed by atoms with Gasteiger partial charge < -0.3 is 10.1 Å². The van der Waals surface area contributed by atoms with Crippen molar-refractivity contribution in [3.05, 3.63) is 65.7 Å². The second-order valence-corrected chi connectivity index (χ2v) is 7.30. The third-order valence-corrected chi connectivity index (χ3v) is 5.13. The van der Waals surface area contributed by atoms with Crippen molar-refractivity contribution in [3.63, 3.8) is 0 Å². The summed E-state index contributed by atoms with van der Waals surface area (Å²) >= 11 is 0. The van der Waals surface area contributed by atoms with Gasteiger partial charge in [0.15, 0.2) is 0 Å². The molecule has 6 heteroatoms. The standard InChI is InChI=1S/C21H26FN3O2/c1-21(2,17-6-3-7-18(22)13-17)20(26)24-15-19(16-5-4-8-23-14-16)25-9-11-27-12-10-25/h3-8,13-14,19H,9-12,15H2,1-2H3,(H,24,26)/t19-/m1/s1. The highest BCUT2D eigenvalue weighted by Gasteiger charge is 2.31. The van der Waals surface area contributed by atoms with E-state index in [2.05, 4.69) is 15.2 Å². The number of nitrogens with one attached hydrogen (secondary N) is 1. The Labute approximate surface area is 159 Å². The van der Waals surface area contributed by atoms with E-state index in [0.717, 1.165) is 18.7 Å². The zero-order valence-electron chi connectivity index (χ0n) is 15.8. The summed E-state index contributed by atoms with van der Waals surface area (Å²) in [6.07, 6.45) is 3.58. The number of carbonyl (C=O) groups is 1. The molecule has 144 valence electrons. The monoisotopic (exact) mass is 371 g/mol. The van der Waals surface area contributed by atoms with E-state index in [4.69, 9.17) is 4.74 Å². The first-order valence-corrected chi connectivity index (χ1v) is 9.24. The van der Waals surface area contributed by atoms with Crippen LogP contribution in [0.5, 0.6) is 0 Å². The summed E-state index contributed by atoms with van der Waals surface area (Å²) < 4.78 is 19.0. The molecule has 27 heavy (non-hydrogen) atoms. The van der Waals surface area contributed by atoms with Gasteiger partial charge in [0.2, 0.25) is 5.91 Å². The number of aromatic nitrogens is 1. The van der Waals surface area contributed by atoms with E-state index in [1.165, 1.54) is 12.1 Å². The Morgan fingerprint density at radius 1 is 1.30 bits per heavy atom. The summed E-state index contributed by atoms with van der Waals surface area (Å²) in [4.78, 5) is 19.4. The maximum atomic E-state index is 13.6. The van der Waals surface area contributed by atoms with Crippen LogP contribution in [0.4, 0.5) is 4.39 Å². The van der Waals surface area contributed by atoms with E-state index < -0.39 is 5.41 Å². The van der Waals surface area contributed by atoms with Crippen molar-refractivity contribution in [2.45, 2.75) is 25.3 Å². The van der Waals surface area contributed by atoms with Crippen LogP contribution in [-0.4, -0.2) is 48.6 Å². The van der Waals surface area contributed by atoms with Gasteiger partial charge in [0.1, 0.15) is 5.82 Å². The van der Waals surface area contributed by atoms with Crippen molar-refractivity contribution in [1.29, 1.82) is 0 Å². The first-order chi connectivity index (χ1) is 13.0. The molecule has 0 radical (unpaired) electrons. The Bertz CT molecular complexity index is 761. The SMILES string of the molecule is CC(C)(C(=O)NC[C@H](c1cccnc1)N1CCOCC1)c1cccc(F)c1. The van der Waals surface area contributed by atoms with Crippen LogP contribution in [0.2, 0.25) is 0 Å². The second-order valence-electron chi connectivity index (χ2n) is 7.30. The summed E-state index contributed by atoms with van der Waals surface area (Å²) in [6, 6.07) is 10.2. The summed E-state index contributed by atoms with van der Waals surface area (Å²) in [6.45, 7) is 7.06. The van der Waals surface area contributed by atoms with E-state index in [-0.39, 0.29) is 17.8 Å². The lowest BCUT2D eigenvalue weighted by Crippen LogP contribution is -2.47. The molecule has 1 aliphatic heterocycles. The molecule has 1 N–H and O–H groups in total. The number of amides is 1.